The Bertz CT molecular complexity index is 1000. The number of esters is 1. The summed E-state index contributed by atoms with van der Waals surface area (Å²) in [6.07, 6.45) is -0.236. The zero-order chi connectivity index (χ0) is 19.8. The van der Waals surface area contributed by atoms with E-state index >= 15 is 0 Å². The molecule has 1 aliphatic heterocycles. The van der Waals surface area contributed by atoms with E-state index in [-0.39, 0.29) is 21.4 Å². The third-order valence-electron chi connectivity index (χ3n) is 4.22. The predicted octanol–water partition coefficient (Wildman–Crippen LogP) is 2.18. The molecule has 1 aromatic heterocycles. The van der Waals surface area contributed by atoms with Crippen molar-refractivity contribution in [2.45, 2.75) is 30.9 Å². The van der Waals surface area contributed by atoms with Crippen molar-refractivity contribution in [3.05, 3.63) is 50.7 Å². The molecule has 27 heavy (non-hydrogen) atoms. The lowest BCUT2D eigenvalue weighted by Gasteiger charge is -2.29. The van der Waals surface area contributed by atoms with Crippen LogP contribution in [0.2, 0.25) is 5.02 Å². The van der Waals surface area contributed by atoms with Crippen molar-refractivity contribution < 1.29 is 22.7 Å². The van der Waals surface area contributed by atoms with Crippen LogP contribution < -0.4 is 5.14 Å². The number of rotatable bonds is 4. The number of carbonyl (C=O) groups is 2. The first-order valence-corrected chi connectivity index (χ1v) is 10.8. The summed E-state index contributed by atoms with van der Waals surface area (Å²) in [5.74, 6) is -1.13. The summed E-state index contributed by atoms with van der Waals surface area (Å²) < 4.78 is 28.3. The van der Waals surface area contributed by atoms with Crippen molar-refractivity contribution in [1.29, 1.82) is 0 Å². The number of hydrogen-bond donors (Lipinski definition) is 1. The second kappa shape index (κ2) is 7.59. The van der Waals surface area contributed by atoms with E-state index in [4.69, 9.17) is 21.5 Å². The van der Waals surface area contributed by atoms with Crippen LogP contribution >= 0.6 is 22.9 Å². The topological polar surface area (TPSA) is 107 Å². The number of nitrogens with two attached hydrogens (primary N) is 1. The summed E-state index contributed by atoms with van der Waals surface area (Å²) in [4.78, 5) is 27.4. The Morgan fingerprint density at radius 3 is 2.78 bits per heavy atom. The molecular formula is C17H17ClN2O5S2. The second-order valence-electron chi connectivity index (χ2n) is 6.12. The van der Waals surface area contributed by atoms with Crippen LogP contribution in [0.25, 0.3) is 0 Å². The van der Waals surface area contributed by atoms with Gasteiger partial charge in [0, 0.05) is 18.0 Å². The summed E-state index contributed by atoms with van der Waals surface area (Å²) in [5.41, 5.74) is 1.05. The van der Waals surface area contributed by atoms with Gasteiger partial charge in [0.15, 0.2) is 6.10 Å². The summed E-state index contributed by atoms with van der Waals surface area (Å²) in [7, 11) is -4.09. The monoisotopic (exact) mass is 428 g/mol. The van der Waals surface area contributed by atoms with Gasteiger partial charge in [-0.15, -0.1) is 11.3 Å². The van der Waals surface area contributed by atoms with Gasteiger partial charge in [-0.3, -0.25) is 4.79 Å². The summed E-state index contributed by atoms with van der Waals surface area (Å²) in [6.45, 7) is 2.53. The molecular weight excluding hydrogens is 412 g/mol. The Hall–Kier alpha value is -1.94. The lowest BCUT2D eigenvalue weighted by Crippen LogP contribution is -2.42. The highest BCUT2D eigenvalue weighted by atomic mass is 35.5. The molecule has 2 heterocycles. The Kier molecular flexibility index (Phi) is 5.57. The second-order valence-corrected chi connectivity index (χ2v) is 9.05. The highest BCUT2D eigenvalue weighted by molar-refractivity contribution is 7.89. The number of hydrogen-bond acceptors (Lipinski definition) is 6. The van der Waals surface area contributed by atoms with Gasteiger partial charge in [-0.05, 0) is 48.6 Å². The van der Waals surface area contributed by atoms with E-state index in [0.717, 1.165) is 18.1 Å². The maximum absolute atomic E-state index is 12.6. The third-order valence-corrected chi connectivity index (χ3v) is 6.64. The van der Waals surface area contributed by atoms with E-state index < -0.39 is 22.1 Å². The SMILES string of the molecule is C[C@H](OC(=O)c1ccc(Cl)c(S(N)(=O)=O)c1)C(=O)N1CCc2sccc2C1. The van der Waals surface area contributed by atoms with Gasteiger partial charge in [0.2, 0.25) is 10.0 Å². The van der Waals surface area contributed by atoms with Crippen LogP contribution in [0.3, 0.4) is 0 Å². The first kappa shape index (κ1) is 19.8. The molecule has 0 spiro atoms. The zero-order valence-electron chi connectivity index (χ0n) is 14.3. The first-order chi connectivity index (χ1) is 12.7. The van der Waals surface area contributed by atoms with Gasteiger partial charge in [-0.1, -0.05) is 11.6 Å². The molecule has 2 N–H and O–H groups in total. The first-order valence-electron chi connectivity index (χ1n) is 8.04. The number of primary sulfonamides is 1. The standard InChI is InChI=1S/C17H17ClN2O5S2/c1-10(16(21)20-6-4-14-12(9-20)5-7-26-14)25-17(22)11-2-3-13(18)15(8-11)27(19,23)24/h2-3,5,7-8,10H,4,6,9H2,1H3,(H2,19,23,24)/t10-/m0/s1. The molecule has 2 aromatic rings. The average Bonchev–Trinajstić information content (AvgIpc) is 3.07. The lowest BCUT2D eigenvalue weighted by atomic mass is 10.1. The van der Waals surface area contributed by atoms with Crippen molar-refractivity contribution in [3.8, 4) is 0 Å². The third kappa shape index (κ3) is 4.32. The number of nitrogens with zero attached hydrogens (tertiary/aromatic N) is 1. The maximum atomic E-state index is 12.6. The number of sulfonamides is 1. The number of benzene rings is 1. The van der Waals surface area contributed by atoms with Crippen LogP contribution in [-0.2, 0) is 32.5 Å². The van der Waals surface area contributed by atoms with E-state index in [9.17, 15) is 18.0 Å². The van der Waals surface area contributed by atoms with E-state index in [0.29, 0.717) is 13.1 Å². The number of ether oxygens (including phenoxy) is 1. The summed E-state index contributed by atoms with van der Waals surface area (Å²) >= 11 is 7.47. The van der Waals surface area contributed by atoms with Crippen LogP contribution in [0.4, 0.5) is 0 Å². The molecule has 0 bridgehead atoms. The fraction of sp³-hybridized carbons (Fsp3) is 0.294. The van der Waals surface area contributed by atoms with Gasteiger partial charge in [0.25, 0.3) is 5.91 Å². The Labute approximate surface area is 165 Å². The minimum Gasteiger partial charge on any atom is -0.449 e. The number of halogens is 1. The molecule has 7 nitrogen and oxygen atoms in total. The average molecular weight is 429 g/mol. The Morgan fingerprint density at radius 1 is 1.33 bits per heavy atom. The van der Waals surface area contributed by atoms with Crippen molar-refractivity contribution >= 4 is 44.8 Å². The van der Waals surface area contributed by atoms with Gasteiger partial charge in [-0.25, -0.2) is 18.4 Å². The van der Waals surface area contributed by atoms with Crippen LogP contribution in [0, 0.1) is 0 Å². The van der Waals surface area contributed by atoms with Crippen LogP contribution in [0.5, 0.6) is 0 Å². The number of carbonyl (C=O) groups excluding carboxylic acids is 2. The van der Waals surface area contributed by atoms with Crippen molar-refractivity contribution in [3.63, 3.8) is 0 Å². The fourth-order valence-corrected chi connectivity index (χ4v) is 4.78. The largest absolute Gasteiger partial charge is 0.449 e. The number of fused-ring (bicyclic) bond motifs is 1. The summed E-state index contributed by atoms with van der Waals surface area (Å²) in [6, 6.07) is 5.58. The molecule has 0 unspecified atom stereocenters. The molecule has 3 rings (SSSR count). The highest BCUT2D eigenvalue weighted by Crippen LogP contribution is 2.25. The molecule has 1 amide bonds. The zero-order valence-corrected chi connectivity index (χ0v) is 16.7. The van der Waals surface area contributed by atoms with Gasteiger partial charge >= 0.3 is 5.97 Å². The smallest absolute Gasteiger partial charge is 0.338 e. The predicted molar refractivity (Wildman–Crippen MR) is 101 cm³/mol. The molecule has 1 aliphatic rings. The van der Waals surface area contributed by atoms with E-state index in [2.05, 4.69) is 0 Å². The molecule has 1 atom stereocenters. The molecule has 10 heteroatoms. The molecule has 1 aromatic carbocycles. The molecule has 0 aliphatic carbocycles. The van der Waals surface area contributed by atoms with Crippen molar-refractivity contribution in [2.24, 2.45) is 5.14 Å². The van der Waals surface area contributed by atoms with Gasteiger partial charge in [0.05, 0.1) is 10.6 Å². The molecule has 0 radical (unpaired) electrons. The Morgan fingerprint density at radius 2 is 2.07 bits per heavy atom. The molecule has 0 fully saturated rings. The highest BCUT2D eigenvalue weighted by Gasteiger charge is 2.28. The van der Waals surface area contributed by atoms with Crippen LogP contribution in [0.15, 0.2) is 34.5 Å². The van der Waals surface area contributed by atoms with Gasteiger partial charge in [-0.2, -0.15) is 0 Å². The normalized spacial score (nSPS) is 15.1. The lowest BCUT2D eigenvalue weighted by molar-refractivity contribution is -0.140. The molecule has 144 valence electrons. The van der Waals surface area contributed by atoms with Gasteiger partial charge < -0.3 is 9.64 Å². The maximum Gasteiger partial charge on any atom is 0.338 e. The van der Waals surface area contributed by atoms with Crippen LogP contribution in [0.1, 0.15) is 27.7 Å². The van der Waals surface area contributed by atoms with Crippen molar-refractivity contribution in [2.75, 3.05) is 6.54 Å². The van der Waals surface area contributed by atoms with E-state index in [1.165, 1.54) is 23.9 Å². The van der Waals surface area contributed by atoms with E-state index in [1.54, 1.807) is 16.2 Å². The quantitative estimate of drug-likeness (QED) is 0.751. The van der Waals surface area contributed by atoms with Gasteiger partial charge in [0.1, 0.15) is 4.90 Å². The Balaban J connectivity index is 1.70. The fourth-order valence-electron chi connectivity index (χ4n) is 2.82. The minimum absolute atomic E-state index is 0.0539. The molecule has 0 saturated heterocycles. The summed E-state index contributed by atoms with van der Waals surface area (Å²) in [5, 5.41) is 6.97. The molecule has 0 saturated carbocycles. The number of amides is 1. The van der Waals surface area contributed by atoms with Crippen LogP contribution in [-0.4, -0.2) is 37.8 Å². The van der Waals surface area contributed by atoms with E-state index in [1.807, 2.05) is 11.4 Å². The van der Waals surface area contributed by atoms with Crippen molar-refractivity contribution in [1.82, 2.24) is 4.90 Å². The minimum atomic E-state index is -4.09. The number of thiophene rings is 1.